The molecule has 0 saturated carbocycles. The number of hydrogen-bond donors (Lipinski definition) is 2. The number of allylic oxidation sites excluding steroid dienone is 18. The topological polar surface area (TPSA) is 134 Å². The number of phosphoric acid groups is 1. The molecule has 0 aliphatic heterocycles. The third kappa shape index (κ3) is 71.6. The van der Waals surface area contributed by atoms with Crippen LogP contribution in [0.25, 0.3) is 0 Å². The third-order valence-electron chi connectivity index (χ3n) is 15.6. The Balaban J connectivity index is 3.85. The summed E-state index contributed by atoms with van der Waals surface area (Å²) in [6, 6.07) is 0. The normalized spacial score (nSPS) is 13.6. The lowest BCUT2D eigenvalue weighted by Crippen LogP contribution is -2.29. The summed E-state index contributed by atoms with van der Waals surface area (Å²) in [4.78, 5) is 35.4. The van der Waals surface area contributed by atoms with Crippen molar-refractivity contribution in [2.24, 2.45) is 5.73 Å². The Bertz CT molecular complexity index is 1800. The van der Waals surface area contributed by atoms with Gasteiger partial charge in [0, 0.05) is 19.4 Å². The molecule has 0 amide bonds. The van der Waals surface area contributed by atoms with E-state index >= 15 is 0 Å². The Morgan fingerprint density at radius 3 is 0.943 bits per heavy atom. The van der Waals surface area contributed by atoms with Crippen LogP contribution in [0.2, 0.25) is 0 Å². The van der Waals surface area contributed by atoms with E-state index in [2.05, 4.69) is 123 Å². The van der Waals surface area contributed by atoms with Gasteiger partial charge in [-0.05, 0) is 103 Å². The van der Waals surface area contributed by atoms with Crippen molar-refractivity contribution in [3.63, 3.8) is 0 Å². The summed E-state index contributed by atoms with van der Waals surface area (Å²) >= 11 is 0. The number of esters is 2. The van der Waals surface area contributed by atoms with Gasteiger partial charge in [-0.15, -0.1) is 0 Å². The second-order valence-electron chi connectivity index (χ2n) is 24.1. The molecule has 0 aromatic rings. The van der Waals surface area contributed by atoms with Gasteiger partial charge in [0.2, 0.25) is 0 Å². The first-order valence-electron chi connectivity index (χ1n) is 36.4. The van der Waals surface area contributed by atoms with E-state index < -0.39 is 26.5 Å². The number of ether oxygens (including phenoxy) is 2. The van der Waals surface area contributed by atoms with Crippen LogP contribution in [0.1, 0.15) is 335 Å². The summed E-state index contributed by atoms with van der Waals surface area (Å²) in [6.45, 7) is 3.66. The molecule has 0 aliphatic carbocycles. The van der Waals surface area contributed by atoms with Crippen LogP contribution in [0.5, 0.6) is 0 Å². The van der Waals surface area contributed by atoms with Gasteiger partial charge in [0.05, 0.1) is 13.2 Å². The molecule has 0 spiro atoms. The fraction of sp³-hybridized carbons (Fsp3) is 0.740. The molecular formula is C77H136NO8P. The molecule has 0 aromatic heterocycles. The van der Waals surface area contributed by atoms with E-state index in [1.807, 2.05) is 0 Å². The minimum absolute atomic E-state index is 0.0516. The van der Waals surface area contributed by atoms with Crippen molar-refractivity contribution in [3.05, 3.63) is 109 Å². The Morgan fingerprint density at radius 1 is 0.356 bits per heavy atom. The molecule has 9 nitrogen and oxygen atoms in total. The summed E-state index contributed by atoms with van der Waals surface area (Å²) in [5.74, 6) is -0.817. The second-order valence-corrected chi connectivity index (χ2v) is 25.5. The van der Waals surface area contributed by atoms with E-state index in [4.69, 9.17) is 24.3 Å². The van der Waals surface area contributed by atoms with Crippen molar-refractivity contribution in [2.45, 2.75) is 341 Å². The van der Waals surface area contributed by atoms with Crippen molar-refractivity contribution in [3.8, 4) is 0 Å². The molecule has 3 N–H and O–H groups in total. The Morgan fingerprint density at radius 2 is 0.632 bits per heavy atom. The van der Waals surface area contributed by atoms with E-state index in [1.54, 1.807) is 0 Å². The number of nitrogens with two attached hydrogens (primary N) is 1. The van der Waals surface area contributed by atoms with E-state index in [0.29, 0.717) is 6.42 Å². The maximum absolute atomic E-state index is 12.8. The molecule has 10 heteroatoms. The van der Waals surface area contributed by atoms with Crippen molar-refractivity contribution in [2.75, 3.05) is 26.4 Å². The van der Waals surface area contributed by atoms with Gasteiger partial charge in [-0.3, -0.25) is 18.6 Å². The summed E-state index contributed by atoms with van der Waals surface area (Å²) < 4.78 is 33.2. The fourth-order valence-electron chi connectivity index (χ4n) is 10.3. The first-order valence-corrected chi connectivity index (χ1v) is 37.9. The molecule has 0 rings (SSSR count). The number of carbonyl (C=O) groups excluding carboxylic acids is 2. The highest BCUT2D eigenvalue weighted by Crippen LogP contribution is 2.43. The van der Waals surface area contributed by atoms with Gasteiger partial charge < -0.3 is 20.1 Å². The van der Waals surface area contributed by atoms with Crippen LogP contribution in [0.4, 0.5) is 0 Å². The average Bonchev–Trinajstić information content (AvgIpc) is 3.64. The summed E-state index contributed by atoms with van der Waals surface area (Å²) in [5, 5.41) is 0. The second kappa shape index (κ2) is 71.7. The molecule has 0 radical (unpaired) electrons. The van der Waals surface area contributed by atoms with Crippen molar-refractivity contribution in [1.29, 1.82) is 0 Å². The molecule has 2 atom stereocenters. The zero-order valence-corrected chi connectivity index (χ0v) is 57.4. The molecule has 87 heavy (non-hydrogen) atoms. The van der Waals surface area contributed by atoms with E-state index in [1.165, 1.54) is 212 Å². The van der Waals surface area contributed by atoms with E-state index in [0.717, 1.165) is 89.9 Å². The highest BCUT2D eigenvalue weighted by atomic mass is 31.2. The monoisotopic (exact) mass is 1230 g/mol. The minimum Gasteiger partial charge on any atom is -0.462 e. The predicted molar refractivity (Wildman–Crippen MR) is 376 cm³/mol. The molecule has 0 fully saturated rings. The van der Waals surface area contributed by atoms with Gasteiger partial charge in [-0.1, -0.05) is 329 Å². The van der Waals surface area contributed by atoms with Crippen LogP contribution in [0.15, 0.2) is 109 Å². The number of carbonyl (C=O) groups is 2. The lowest BCUT2D eigenvalue weighted by Gasteiger charge is -2.19. The zero-order valence-electron chi connectivity index (χ0n) is 56.5. The van der Waals surface area contributed by atoms with Gasteiger partial charge in [-0.25, -0.2) is 4.57 Å². The van der Waals surface area contributed by atoms with Crippen molar-refractivity contribution < 1.29 is 37.6 Å². The molecular weight excluding hydrogens is 1100 g/mol. The first kappa shape index (κ1) is 83.7. The van der Waals surface area contributed by atoms with Gasteiger partial charge in [0.25, 0.3) is 0 Å². The first-order chi connectivity index (χ1) is 42.8. The molecule has 0 bridgehead atoms. The standard InChI is InChI=1S/C77H136NO8P/c1-3-5-7-9-11-13-15-17-19-21-23-25-27-29-31-32-33-34-35-36-37-38-39-40-41-42-44-46-48-50-52-54-56-58-60-62-64-66-68-70-77(80)86-75(74-85-87(81,82)84-72-71-78)73-83-76(79)69-67-65-63-61-59-57-55-53-51-49-47-45-43-30-28-26-24-22-20-18-16-14-12-10-8-6-4-2/h5,7,11,13,16-19,22-25,29,31,33-34,36-37,75H,3-4,6,8-10,12,14-15,20-21,26-28,30,32,35,38-74,78H2,1-2H3,(H,81,82)/b7-5-,13-11-,18-16-,19-17-,24-22-,25-23-,31-29-,34-33-,37-36-. The van der Waals surface area contributed by atoms with Crippen molar-refractivity contribution in [1.82, 2.24) is 0 Å². The van der Waals surface area contributed by atoms with Gasteiger partial charge >= 0.3 is 19.8 Å². The van der Waals surface area contributed by atoms with Crippen LogP contribution < -0.4 is 5.73 Å². The van der Waals surface area contributed by atoms with Crippen LogP contribution in [-0.2, 0) is 32.7 Å². The number of hydrogen-bond acceptors (Lipinski definition) is 8. The summed E-state index contributed by atoms with van der Waals surface area (Å²) in [5.41, 5.74) is 5.41. The molecule has 0 aromatic carbocycles. The minimum atomic E-state index is -4.40. The van der Waals surface area contributed by atoms with Crippen LogP contribution >= 0.6 is 7.82 Å². The van der Waals surface area contributed by atoms with Gasteiger partial charge in [-0.2, -0.15) is 0 Å². The maximum atomic E-state index is 12.8. The van der Waals surface area contributed by atoms with E-state index in [9.17, 15) is 19.0 Å². The maximum Gasteiger partial charge on any atom is 0.472 e. The smallest absolute Gasteiger partial charge is 0.462 e. The third-order valence-corrected chi connectivity index (χ3v) is 16.6. The fourth-order valence-corrected chi connectivity index (χ4v) is 11.1. The van der Waals surface area contributed by atoms with E-state index in [-0.39, 0.29) is 38.6 Å². The predicted octanol–water partition coefficient (Wildman–Crippen LogP) is 24.1. The molecule has 0 saturated heterocycles. The van der Waals surface area contributed by atoms with Crippen LogP contribution in [-0.4, -0.2) is 49.3 Å². The highest BCUT2D eigenvalue weighted by molar-refractivity contribution is 7.47. The largest absolute Gasteiger partial charge is 0.472 e. The number of phosphoric ester groups is 1. The molecule has 0 heterocycles. The SMILES string of the molecule is CC/C=C\C/C=C\C/C=C\C/C=C\C/C=C\C/C=C\C/C=C\CCCCCCCCCCCCCCCCCCCC(=O)OC(COC(=O)CCCCCCCCCCCCCCCCC/C=C\C/C=C\CCCCCCC)COP(=O)(O)OCCN. The summed E-state index contributed by atoms with van der Waals surface area (Å²) in [6.07, 6.45) is 99.0. The van der Waals surface area contributed by atoms with Gasteiger partial charge in [0.15, 0.2) is 6.10 Å². The Kier molecular flexibility index (Phi) is 69.0. The number of rotatable bonds is 68. The van der Waals surface area contributed by atoms with Crippen LogP contribution in [0, 0.1) is 0 Å². The quantitative estimate of drug-likeness (QED) is 0.0264. The van der Waals surface area contributed by atoms with Crippen LogP contribution in [0.3, 0.4) is 0 Å². The molecule has 502 valence electrons. The number of unbranched alkanes of at least 4 members (excludes halogenated alkanes) is 37. The lowest BCUT2D eigenvalue weighted by molar-refractivity contribution is -0.161. The molecule has 2 unspecified atom stereocenters. The molecule has 0 aliphatic rings. The van der Waals surface area contributed by atoms with Gasteiger partial charge in [0.1, 0.15) is 6.61 Å². The zero-order chi connectivity index (χ0) is 63.0. The highest BCUT2D eigenvalue weighted by Gasteiger charge is 2.26. The Labute approximate surface area is 537 Å². The summed E-state index contributed by atoms with van der Waals surface area (Å²) in [7, 11) is -4.40. The van der Waals surface area contributed by atoms with Crippen molar-refractivity contribution >= 4 is 19.8 Å². The average molecular weight is 1230 g/mol. The lowest BCUT2D eigenvalue weighted by atomic mass is 10.0. The Hall–Kier alpha value is -3.33.